The molecule has 0 saturated heterocycles. The summed E-state index contributed by atoms with van der Waals surface area (Å²) in [7, 11) is 0. The fourth-order valence-corrected chi connectivity index (χ4v) is 8.50. The first-order chi connectivity index (χ1) is 28.3. The first kappa shape index (κ1) is 32.8. The van der Waals surface area contributed by atoms with Gasteiger partial charge in [-0.05, 0) is 101 Å². The number of hydrogen-bond acceptors (Lipinski definition) is 2. The summed E-state index contributed by atoms with van der Waals surface area (Å²) in [5.74, 6) is 0. The van der Waals surface area contributed by atoms with Crippen molar-refractivity contribution in [3.05, 3.63) is 218 Å². The summed E-state index contributed by atoms with van der Waals surface area (Å²) in [4.78, 5) is 2.32. The lowest BCUT2D eigenvalue weighted by Crippen LogP contribution is -2.09. The second-order valence-corrected chi connectivity index (χ2v) is 14.5. The molecule has 0 bridgehead atoms. The van der Waals surface area contributed by atoms with Gasteiger partial charge in [-0.3, -0.25) is 0 Å². The number of anilines is 3. The van der Waals surface area contributed by atoms with Crippen molar-refractivity contribution >= 4 is 60.8 Å². The molecule has 0 N–H and O–H groups in total. The van der Waals surface area contributed by atoms with Gasteiger partial charge in [0.05, 0.1) is 11.0 Å². The van der Waals surface area contributed by atoms with Crippen LogP contribution < -0.4 is 4.90 Å². The first-order valence-electron chi connectivity index (χ1n) is 19.4. The summed E-state index contributed by atoms with van der Waals surface area (Å²) >= 11 is 0. The van der Waals surface area contributed by atoms with E-state index in [1.165, 1.54) is 32.9 Å². The fourth-order valence-electron chi connectivity index (χ4n) is 8.50. The van der Waals surface area contributed by atoms with Crippen LogP contribution in [0.15, 0.2) is 223 Å². The van der Waals surface area contributed by atoms with Gasteiger partial charge in [0.15, 0.2) is 0 Å². The maximum atomic E-state index is 6.39. The highest BCUT2D eigenvalue weighted by atomic mass is 16.3. The molecular formula is C54H36N2O. The van der Waals surface area contributed by atoms with Gasteiger partial charge in [-0.2, -0.15) is 0 Å². The summed E-state index contributed by atoms with van der Waals surface area (Å²) in [6.07, 6.45) is 0. The molecule has 0 unspecified atom stereocenters. The summed E-state index contributed by atoms with van der Waals surface area (Å²) in [5, 5.41) is 4.78. The number of rotatable bonds is 7. The lowest BCUT2D eigenvalue weighted by atomic mass is 9.97. The van der Waals surface area contributed by atoms with Crippen LogP contribution in [0, 0.1) is 0 Å². The summed E-state index contributed by atoms with van der Waals surface area (Å²) in [6.45, 7) is 0. The predicted octanol–water partition coefficient (Wildman–Crippen LogP) is 15.2. The van der Waals surface area contributed by atoms with Gasteiger partial charge in [-0.1, -0.05) is 146 Å². The Morgan fingerprint density at radius 1 is 0.333 bits per heavy atom. The highest BCUT2D eigenvalue weighted by molar-refractivity contribution is 6.10. The molecule has 0 amide bonds. The molecule has 0 saturated carbocycles. The van der Waals surface area contributed by atoms with Gasteiger partial charge in [-0.25, -0.2) is 0 Å². The minimum absolute atomic E-state index is 0.907. The van der Waals surface area contributed by atoms with Crippen molar-refractivity contribution in [1.82, 2.24) is 4.57 Å². The maximum absolute atomic E-state index is 6.39. The highest BCUT2D eigenvalue weighted by Gasteiger charge is 2.17. The lowest BCUT2D eigenvalue weighted by Gasteiger charge is -2.26. The average molecular weight is 729 g/mol. The molecule has 3 nitrogen and oxygen atoms in total. The smallest absolute Gasteiger partial charge is 0.143 e. The number of para-hydroxylation sites is 5. The van der Waals surface area contributed by atoms with E-state index >= 15 is 0 Å². The number of furan rings is 1. The van der Waals surface area contributed by atoms with Crippen LogP contribution in [0.4, 0.5) is 17.1 Å². The third-order valence-corrected chi connectivity index (χ3v) is 11.2. The van der Waals surface area contributed by atoms with Gasteiger partial charge < -0.3 is 13.9 Å². The molecule has 0 aliphatic heterocycles. The molecule has 57 heavy (non-hydrogen) atoms. The quantitative estimate of drug-likeness (QED) is 0.163. The van der Waals surface area contributed by atoms with Gasteiger partial charge >= 0.3 is 0 Å². The Balaban J connectivity index is 1.00. The number of aromatic nitrogens is 1. The van der Waals surface area contributed by atoms with Crippen molar-refractivity contribution in [3.8, 4) is 39.1 Å². The second kappa shape index (κ2) is 13.6. The van der Waals surface area contributed by atoms with E-state index in [-0.39, 0.29) is 0 Å². The zero-order chi connectivity index (χ0) is 37.7. The van der Waals surface area contributed by atoms with Crippen molar-refractivity contribution in [1.29, 1.82) is 0 Å². The highest BCUT2D eigenvalue weighted by Crippen LogP contribution is 2.41. The Morgan fingerprint density at radius 3 is 1.47 bits per heavy atom. The van der Waals surface area contributed by atoms with Crippen LogP contribution in [0.25, 0.3) is 82.8 Å². The van der Waals surface area contributed by atoms with Crippen molar-refractivity contribution in [2.45, 2.75) is 0 Å². The number of nitrogens with zero attached hydrogens (tertiary/aromatic N) is 2. The minimum atomic E-state index is 0.907. The van der Waals surface area contributed by atoms with Crippen LogP contribution in [0.3, 0.4) is 0 Å². The van der Waals surface area contributed by atoms with E-state index < -0.39 is 0 Å². The van der Waals surface area contributed by atoms with E-state index in [1.807, 2.05) is 12.1 Å². The summed E-state index contributed by atoms with van der Waals surface area (Å²) < 4.78 is 8.80. The fraction of sp³-hybridized carbons (Fsp3) is 0. The van der Waals surface area contributed by atoms with Crippen molar-refractivity contribution in [2.75, 3.05) is 4.90 Å². The number of benzene rings is 9. The van der Waals surface area contributed by atoms with Crippen molar-refractivity contribution < 1.29 is 4.42 Å². The molecular weight excluding hydrogens is 693 g/mol. The molecule has 9 aromatic carbocycles. The third-order valence-electron chi connectivity index (χ3n) is 11.2. The minimum Gasteiger partial charge on any atom is -0.455 e. The molecule has 2 aromatic heterocycles. The van der Waals surface area contributed by atoms with E-state index in [9.17, 15) is 0 Å². The molecule has 2 heterocycles. The zero-order valence-corrected chi connectivity index (χ0v) is 31.1. The van der Waals surface area contributed by atoms with Crippen LogP contribution in [-0.2, 0) is 0 Å². The number of fused-ring (bicyclic) bond motifs is 6. The molecule has 0 radical (unpaired) electrons. The SMILES string of the molecule is c1ccc(-c2cc(-c3ccc(N(c4ccccc4)c4ccc(-c5cccc6c5oc5ccccc56)cc4)cc3)cc(-n3c4ccccc4c4ccccc43)c2)cc1. The van der Waals surface area contributed by atoms with Gasteiger partial charge in [0.2, 0.25) is 0 Å². The molecule has 0 aliphatic carbocycles. The monoisotopic (exact) mass is 728 g/mol. The number of hydrogen-bond donors (Lipinski definition) is 0. The molecule has 0 spiro atoms. The molecule has 11 aromatic rings. The zero-order valence-electron chi connectivity index (χ0n) is 31.1. The van der Waals surface area contributed by atoms with E-state index in [0.717, 1.165) is 66.9 Å². The molecule has 0 atom stereocenters. The van der Waals surface area contributed by atoms with E-state index in [1.54, 1.807) is 0 Å². The van der Waals surface area contributed by atoms with Crippen LogP contribution in [0.2, 0.25) is 0 Å². The maximum Gasteiger partial charge on any atom is 0.143 e. The molecule has 0 aliphatic rings. The Hall–Kier alpha value is -7.62. The van der Waals surface area contributed by atoms with Gasteiger partial charge in [-0.15, -0.1) is 0 Å². The topological polar surface area (TPSA) is 21.3 Å². The molecule has 268 valence electrons. The van der Waals surface area contributed by atoms with E-state index in [0.29, 0.717) is 0 Å². The van der Waals surface area contributed by atoms with E-state index in [2.05, 4.69) is 216 Å². The molecule has 0 fully saturated rings. The Kier molecular flexibility index (Phi) is 7.82. The van der Waals surface area contributed by atoms with E-state index in [4.69, 9.17) is 4.42 Å². The Labute approximate surface area is 330 Å². The Bertz CT molecular complexity index is 3160. The largest absolute Gasteiger partial charge is 0.455 e. The van der Waals surface area contributed by atoms with Crippen molar-refractivity contribution in [2.24, 2.45) is 0 Å². The summed E-state index contributed by atoms with van der Waals surface area (Å²) in [6, 6.07) is 78.1. The normalized spacial score (nSPS) is 11.5. The van der Waals surface area contributed by atoms with Crippen LogP contribution >= 0.6 is 0 Å². The molecule has 11 rings (SSSR count). The Morgan fingerprint density at radius 2 is 0.825 bits per heavy atom. The average Bonchev–Trinajstić information content (AvgIpc) is 3.84. The van der Waals surface area contributed by atoms with Crippen LogP contribution in [0.1, 0.15) is 0 Å². The van der Waals surface area contributed by atoms with Crippen molar-refractivity contribution in [3.63, 3.8) is 0 Å². The third kappa shape index (κ3) is 5.68. The standard InChI is InChI=1S/C54H36N2O/c1-3-14-37(15-4-1)40-34-41(36-45(35-40)56-51-23-10-7-18-47(51)48-19-8-11-24-52(48)56)38-26-30-43(31-27-38)55(42-16-5-2-6-17-42)44-32-28-39(29-33-44)46-21-13-22-50-49-20-9-12-25-53(49)57-54(46)50/h1-36H. The van der Waals surface area contributed by atoms with Gasteiger partial charge in [0.25, 0.3) is 0 Å². The van der Waals surface area contributed by atoms with Gasteiger partial charge in [0.1, 0.15) is 11.2 Å². The molecule has 3 heteroatoms. The summed E-state index contributed by atoms with van der Waals surface area (Å²) in [5.41, 5.74) is 15.5. The first-order valence-corrected chi connectivity index (χ1v) is 19.4. The lowest BCUT2D eigenvalue weighted by molar-refractivity contribution is 0.670. The van der Waals surface area contributed by atoms with Crippen LogP contribution in [-0.4, -0.2) is 4.57 Å². The second-order valence-electron chi connectivity index (χ2n) is 14.5. The van der Waals surface area contributed by atoms with Gasteiger partial charge in [0, 0.05) is 49.9 Å². The predicted molar refractivity (Wildman–Crippen MR) is 239 cm³/mol. The van der Waals surface area contributed by atoms with Crippen LogP contribution in [0.5, 0.6) is 0 Å².